The van der Waals surface area contributed by atoms with E-state index in [1.54, 1.807) is 12.1 Å². The smallest absolute Gasteiger partial charge is 0.305 e. The summed E-state index contributed by atoms with van der Waals surface area (Å²) in [7, 11) is 0.573. The molecule has 29 heavy (non-hydrogen) atoms. The molecule has 158 valence electrons. The molecule has 0 bridgehead atoms. The van der Waals surface area contributed by atoms with E-state index in [9.17, 15) is 46.0 Å². The van der Waals surface area contributed by atoms with Gasteiger partial charge in [0.1, 0.15) is 0 Å². The summed E-state index contributed by atoms with van der Waals surface area (Å²) in [5.74, 6) is -15.9. The lowest BCUT2D eigenvalue weighted by Crippen LogP contribution is -2.92. The molecule has 0 amide bonds. The molecule has 1 aliphatic rings. The standard InChI is InChI=1S/C18H22N2O9/c1-19-15(22,23)17(26,27)20(18(28,29)16(19,24)25)14(21,12-8-4-2-5-9-12)13-10-6-3-7-11-13/h2-11,21-29H,1H3. The number of rotatable bonds is 3. The first kappa shape index (κ1) is 21.7. The van der Waals surface area contributed by atoms with Gasteiger partial charge in [-0.1, -0.05) is 60.7 Å². The van der Waals surface area contributed by atoms with Gasteiger partial charge in [0.25, 0.3) is 0 Å². The number of likely N-dealkylation sites (N-methyl/N-ethyl adjacent to an activating group) is 1. The molecule has 2 aromatic rings. The van der Waals surface area contributed by atoms with Crippen molar-refractivity contribution in [3.63, 3.8) is 0 Å². The van der Waals surface area contributed by atoms with E-state index in [1.807, 2.05) is 0 Å². The highest BCUT2D eigenvalue weighted by Gasteiger charge is 2.79. The van der Waals surface area contributed by atoms with Gasteiger partial charge in [-0.2, -0.15) is 4.90 Å². The summed E-state index contributed by atoms with van der Waals surface area (Å²) in [6.45, 7) is 0. The molecule has 1 aliphatic heterocycles. The van der Waals surface area contributed by atoms with Crippen molar-refractivity contribution in [2.75, 3.05) is 7.05 Å². The molecule has 1 saturated heterocycles. The molecule has 2 aromatic carbocycles. The second-order valence-corrected chi connectivity index (χ2v) is 6.84. The summed E-state index contributed by atoms with van der Waals surface area (Å²) in [5.41, 5.74) is -3.30. The van der Waals surface area contributed by atoms with Crippen LogP contribution in [0.15, 0.2) is 60.7 Å². The normalized spacial score (nSPS) is 23.7. The van der Waals surface area contributed by atoms with Gasteiger partial charge in [-0.05, 0) is 7.05 Å². The molecule has 11 nitrogen and oxygen atoms in total. The molecular formula is C18H22N2O9. The topological polar surface area (TPSA) is 189 Å². The van der Waals surface area contributed by atoms with Crippen molar-refractivity contribution in [3.05, 3.63) is 71.8 Å². The summed E-state index contributed by atoms with van der Waals surface area (Å²) in [5, 5.41) is 95.0. The Morgan fingerprint density at radius 3 is 1.21 bits per heavy atom. The van der Waals surface area contributed by atoms with Crippen LogP contribution in [0.3, 0.4) is 0 Å². The first-order chi connectivity index (χ1) is 13.2. The Bertz CT molecular complexity index is 804. The highest BCUT2D eigenvalue weighted by atomic mass is 16.7. The minimum Gasteiger partial charge on any atom is -0.367 e. The maximum atomic E-state index is 11.6. The largest absolute Gasteiger partial charge is 0.367 e. The zero-order valence-electron chi connectivity index (χ0n) is 15.2. The van der Waals surface area contributed by atoms with E-state index in [4.69, 9.17) is 0 Å². The summed E-state index contributed by atoms with van der Waals surface area (Å²) in [6.07, 6.45) is 0. The number of benzene rings is 2. The molecule has 0 aromatic heterocycles. The van der Waals surface area contributed by atoms with Gasteiger partial charge in [0.05, 0.1) is 0 Å². The molecule has 11 heteroatoms. The van der Waals surface area contributed by atoms with E-state index in [0.29, 0.717) is 7.05 Å². The predicted molar refractivity (Wildman–Crippen MR) is 94.2 cm³/mol. The first-order valence-electron chi connectivity index (χ1n) is 8.40. The van der Waals surface area contributed by atoms with Crippen LogP contribution in [0.5, 0.6) is 0 Å². The first-order valence-corrected chi connectivity index (χ1v) is 8.40. The van der Waals surface area contributed by atoms with Crippen LogP contribution in [0.25, 0.3) is 0 Å². The highest BCUT2D eigenvalue weighted by Crippen LogP contribution is 2.50. The zero-order chi connectivity index (χ0) is 21.9. The monoisotopic (exact) mass is 410 g/mol. The number of nitrogens with zero attached hydrogens (tertiary/aromatic N) is 2. The van der Waals surface area contributed by atoms with Crippen molar-refractivity contribution < 1.29 is 46.0 Å². The zero-order valence-corrected chi connectivity index (χ0v) is 15.2. The minimum absolute atomic E-state index is 0.192. The molecule has 3 rings (SSSR count). The minimum atomic E-state index is -4.05. The Morgan fingerprint density at radius 2 is 0.897 bits per heavy atom. The fraction of sp³-hybridized carbons (Fsp3) is 0.333. The van der Waals surface area contributed by atoms with E-state index in [-0.39, 0.29) is 16.0 Å². The van der Waals surface area contributed by atoms with E-state index < -0.39 is 34.3 Å². The van der Waals surface area contributed by atoms with Crippen LogP contribution < -0.4 is 0 Å². The second-order valence-electron chi connectivity index (χ2n) is 6.84. The van der Waals surface area contributed by atoms with Crippen LogP contribution in [0, 0.1) is 0 Å². The Morgan fingerprint density at radius 1 is 0.586 bits per heavy atom. The lowest BCUT2D eigenvalue weighted by molar-refractivity contribution is -0.622. The number of piperazine rings is 1. The SMILES string of the molecule is CN1C(O)(O)C(O)(O)N(C(O)(c2ccccc2)c2ccccc2)C(O)(O)C1(O)O. The lowest BCUT2D eigenvalue weighted by atomic mass is 9.88. The van der Waals surface area contributed by atoms with Crippen LogP contribution in [0.1, 0.15) is 11.1 Å². The summed E-state index contributed by atoms with van der Waals surface area (Å²) < 4.78 is 0. The Hall–Kier alpha value is -2.00. The van der Waals surface area contributed by atoms with Crippen molar-refractivity contribution in [1.82, 2.24) is 9.80 Å². The van der Waals surface area contributed by atoms with Gasteiger partial charge in [0.15, 0.2) is 5.72 Å². The van der Waals surface area contributed by atoms with Gasteiger partial charge in [-0.3, -0.25) is 0 Å². The van der Waals surface area contributed by atoms with Gasteiger partial charge in [-0.15, -0.1) is 4.90 Å². The van der Waals surface area contributed by atoms with Crippen molar-refractivity contribution in [2.24, 2.45) is 0 Å². The third kappa shape index (κ3) is 2.73. The van der Waals surface area contributed by atoms with Gasteiger partial charge in [0, 0.05) is 11.1 Å². The van der Waals surface area contributed by atoms with Crippen molar-refractivity contribution in [3.8, 4) is 0 Å². The van der Waals surface area contributed by atoms with Crippen LogP contribution in [-0.2, 0) is 5.72 Å². The third-order valence-corrected chi connectivity index (χ3v) is 5.14. The fourth-order valence-electron chi connectivity index (χ4n) is 3.40. The summed E-state index contributed by atoms with van der Waals surface area (Å²) in [4.78, 5) is -0.718. The van der Waals surface area contributed by atoms with Crippen molar-refractivity contribution >= 4 is 0 Å². The third-order valence-electron chi connectivity index (χ3n) is 5.14. The Balaban J connectivity index is 2.40. The maximum absolute atomic E-state index is 11.6. The van der Waals surface area contributed by atoms with Crippen molar-refractivity contribution in [2.45, 2.75) is 29.4 Å². The Labute approximate surface area is 164 Å². The van der Waals surface area contributed by atoms with Crippen molar-refractivity contribution in [1.29, 1.82) is 0 Å². The molecule has 0 atom stereocenters. The van der Waals surface area contributed by atoms with Crippen LogP contribution in [0.4, 0.5) is 0 Å². The molecule has 9 N–H and O–H groups in total. The fourth-order valence-corrected chi connectivity index (χ4v) is 3.40. The van der Waals surface area contributed by atoms with E-state index >= 15 is 0 Å². The summed E-state index contributed by atoms with van der Waals surface area (Å²) >= 11 is 0. The van der Waals surface area contributed by atoms with E-state index in [1.165, 1.54) is 48.5 Å². The van der Waals surface area contributed by atoms with Gasteiger partial charge < -0.3 is 46.0 Å². The molecule has 0 aliphatic carbocycles. The van der Waals surface area contributed by atoms with Crippen LogP contribution >= 0.6 is 0 Å². The highest BCUT2D eigenvalue weighted by molar-refractivity contribution is 5.36. The van der Waals surface area contributed by atoms with Gasteiger partial charge in [-0.25, -0.2) is 0 Å². The molecule has 0 radical (unpaired) electrons. The van der Waals surface area contributed by atoms with E-state index in [2.05, 4.69) is 0 Å². The molecule has 0 spiro atoms. The molecular weight excluding hydrogens is 388 g/mol. The van der Waals surface area contributed by atoms with Gasteiger partial charge >= 0.3 is 23.6 Å². The van der Waals surface area contributed by atoms with Crippen LogP contribution in [-0.4, -0.2) is 86.5 Å². The maximum Gasteiger partial charge on any atom is 0.305 e. The molecule has 0 unspecified atom stereocenters. The molecule has 0 saturated carbocycles. The Kier molecular flexibility index (Phi) is 4.86. The predicted octanol–water partition coefficient (Wildman–Crippen LogP) is -3.32. The number of hydrogen-bond acceptors (Lipinski definition) is 11. The summed E-state index contributed by atoms with van der Waals surface area (Å²) in [6, 6.07) is 13.9. The average molecular weight is 410 g/mol. The van der Waals surface area contributed by atoms with Gasteiger partial charge in [0.2, 0.25) is 0 Å². The van der Waals surface area contributed by atoms with Crippen LogP contribution in [0.2, 0.25) is 0 Å². The molecule has 1 fully saturated rings. The number of aliphatic hydroxyl groups is 9. The molecule has 1 heterocycles. The average Bonchev–Trinajstić information content (AvgIpc) is 2.67. The van der Waals surface area contributed by atoms with E-state index in [0.717, 1.165) is 0 Å². The second kappa shape index (κ2) is 6.50. The lowest BCUT2D eigenvalue weighted by Gasteiger charge is -2.63. The quantitative estimate of drug-likeness (QED) is 0.230. The number of hydrogen-bond donors (Lipinski definition) is 9.